The summed E-state index contributed by atoms with van der Waals surface area (Å²) in [5.74, 6) is -0.0561. The number of carbonyl (C=O) groups excluding carboxylic acids is 2. The smallest absolute Gasteiger partial charge is 0.269 e. The number of likely N-dealkylation sites (tertiary alicyclic amines) is 1. The molecule has 3 heterocycles. The SMILES string of the molecule is COc1ccc([Si](C)(C)[C@H]2[C@H](CC(=O)N3CCC[C@H]3CO)O[C@@]3(C(=O)N(Cc4cccc(I)c4)c4ccc([N+](=O)[O-])cc43)[C@@H]2C)cc1. The zero-order chi connectivity index (χ0) is 33.7. The fraction of sp³-hybridized carbons (Fsp3) is 0.429. The van der Waals surface area contributed by atoms with E-state index in [4.69, 9.17) is 9.47 Å². The van der Waals surface area contributed by atoms with E-state index in [1.807, 2.05) is 43.3 Å². The number of ether oxygens (including phenoxy) is 2. The molecule has 0 radical (unpaired) electrons. The Morgan fingerprint density at radius 3 is 2.57 bits per heavy atom. The third-order valence-corrected chi connectivity index (χ3v) is 15.6. The number of hydrogen-bond acceptors (Lipinski definition) is 7. The molecule has 2 fully saturated rings. The van der Waals surface area contributed by atoms with Crippen LogP contribution in [0.3, 0.4) is 0 Å². The van der Waals surface area contributed by atoms with Crippen molar-refractivity contribution in [3.8, 4) is 5.75 Å². The van der Waals surface area contributed by atoms with Gasteiger partial charge in [-0.05, 0) is 76.9 Å². The second-order valence-corrected chi connectivity index (χ2v) is 19.3. The van der Waals surface area contributed by atoms with E-state index in [9.17, 15) is 24.8 Å². The molecule has 47 heavy (non-hydrogen) atoms. The van der Waals surface area contributed by atoms with Gasteiger partial charge in [-0.2, -0.15) is 0 Å². The van der Waals surface area contributed by atoms with Gasteiger partial charge in [0.05, 0.1) is 57.5 Å². The van der Waals surface area contributed by atoms with E-state index < -0.39 is 30.6 Å². The first-order chi connectivity index (χ1) is 22.4. The van der Waals surface area contributed by atoms with E-state index >= 15 is 0 Å². The molecule has 2 amide bonds. The number of nitro groups is 1. The Balaban J connectivity index is 1.47. The molecule has 0 aliphatic carbocycles. The summed E-state index contributed by atoms with van der Waals surface area (Å²) < 4.78 is 13.5. The molecule has 5 atom stereocenters. The molecule has 6 rings (SSSR count). The fourth-order valence-corrected chi connectivity index (χ4v) is 12.9. The number of aliphatic hydroxyl groups excluding tert-OH is 1. The van der Waals surface area contributed by atoms with Gasteiger partial charge < -0.3 is 24.4 Å². The number of anilines is 1. The second-order valence-electron chi connectivity index (χ2n) is 13.4. The van der Waals surface area contributed by atoms with Gasteiger partial charge >= 0.3 is 0 Å². The molecule has 1 N–H and O–H groups in total. The normalized spacial score (nSPS) is 25.4. The average molecular weight is 770 g/mol. The topological polar surface area (TPSA) is 122 Å². The standard InChI is InChI=1S/C35H40IN3O7Si/c1-22-33(47(3,4)28-13-11-27(45-2)12-14-28)31(19-32(41)37-16-6-9-26(37)21-40)46-35(22)29-18-25(39(43)44)10-15-30(29)38(34(35)42)20-23-7-5-8-24(36)17-23/h5,7-8,10-15,17-18,22,26,31,33,40H,6,9,16,19-21H2,1-4H3/t22-,26+,31+,33-,35+/m1/s1. The predicted molar refractivity (Wildman–Crippen MR) is 189 cm³/mol. The quantitative estimate of drug-likeness (QED) is 0.135. The molecule has 2 saturated heterocycles. The van der Waals surface area contributed by atoms with Crippen LogP contribution in [-0.4, -0.2) is 67.2 Å². The average Bonchev–Trinajstić information content (AvgIpc) is 3.71. The minimum absolute atomic E-state index is 0.0499. The second kappa shape index (κ2) is 12.9. The van der Waals surface area contributed by atoms with E-state index in [2.05, 4.69) is 47.8 Å². The van der Waals surface area contributed by atoms with Gasteiger partial charge in [0, 0.05) is 33.7 Å². The third-order valence-electron chi connectivity index (χ3n) is 10.5. The lowest BCUT2D eigenvalue weighted by Crippen LogP contribution is -2.52. The molecule has 3 aliphatic rings. The number of halogens is 1. The molecule has 0 aromatic heterocycles. The van der Waals surface area contributed by atoms with Crippen LogP contribution in [0.1, 0.15) is 37.3 Å². The number of nitro benzene ring substituents is 1. The molecule has 1 spiro atoms. The molecule has 0 unspecified atom stereocenters. The number of nitrogens with zero attached hydrogens (tertiary/aromatic N) is 3. The Bertz CT molecular complexity index is 1700. The van der Waals surface area contributed by atoms with Crippen molar-refractivity contribution in [2.45, 2.75) is 69.1 Å². The fourth-order valence-electron chi connectivity index (χ4n) is 8.23. The van der Waals surface area contributed by atoms with Gasteiger partial charge in [-0.15, -0.1) is 0 Å². The maximum atomic E-state index is 14.9. The summed E-state index contributed by atoms with van der Waals surface area (Å²) >= 11 is 2.24. The highest BCUT2D eigenvalue weighted by atomic mass is 127. The summed E-state index contributed by atoms with van der Waals surface area (Å²) in [4.78, 5) is 43.9. The zero-order valence-corrected chi connectivity index (χ0v) is 30.2. The minimum atomic E-state index is -2.53. The van der Waals surface area contributed by atoms with Crippen LogP contribution in [0.5, 0.6) is 5.75 Å². The molecular formula is C35H40IN3O7Si. The van der Waals surface area contributed by atoms with Crippen LogP contribution in [0.2, 0.25) is 18.6 Å². The Kier molecular flexibility index (Phi) is 9.24. The summed E-state index contributed by atoms with van der Waals surface area (Å²) in [6.07, 6.45) is 0.983. The van der Waals surface area contributed by atoms with Gasteiger partial charge in [0.2, 0.25) is 5.91 Å². The number of rotatable bonds is 9. The van der Waals surface area contributed by atoms with Crippen LogP contribution < -0.4 is 14.8 Å². The van der Waals surface area contributed by atoms with Crippen LogP contribution in [0.25, 0.3) is 0 Å². The van der Waals surface area contributed by atoms with E-state index in [0.29, 0.717) is 17.8 Å². The van der Waals surface area contributed by atoms with Crippen molar-refractivity contribution in [2.75, 3.05) is 25.2 Å². The lowest BCUT2D eigenvalue weighted by Gasteiger charge is -2.37. The van der Waals surface area contributed by atoms with E-state index in [0.717, 1.165) is 32.9 Å². The van der Waals surface area contributed by atoms with Crippen LogP contribution in [0.15, 0.2) is 66.7 Å². The number of benzene rings is 3. The van der Waals surface area contributed by atoms with Crippen molar-refractivity contribution in [1.82, 2.24) is 4.90 Å². The van der Waals surface area contributed by atoms with Crippen molar-refractivity contribution in [1.29, 1.82) is 0 Å². The summed E-state index contributed by atoms with van der Waals surface area (Å²) in [7, 11) is -0.906. The maximum absolute atomic E-state index is 14.9. The molecule has 10 nitrogen and oxygen atoms in total. The third kappa shape index (κ3) is 5.76. The number of aliphatic hydroxyl groups is 1. The summed E-state index contributed by atoms with van der Waals surface area (Å²) in [6, 6.07) is 20.2. The van der Waals surface area contributed by atoms with Crippen molar-refractivity contribution in [3.63, 3.8) is 0 Å². The van der Waals surface area contributed by atoms with Crippen LogP contribution >= 0.6 is 22.6 Å². The van der Waals surface area contributed by atoms with E-state index in [1.165, 1.54) is 12.1 Å². The number of non-ortho nitro benzene ring substituents is 1. The molecule has 0 bridgehead atoms. The van der Waals surface area contributed by atoms with Crippen LogP contribution in [0, 0.1) is 19.6 Å². The predicted octanol–water partition coefficient (Wildman–Crippen LogP) is 5.34. The first kappa shape index (κ1) is 33.6. The van der Waals surface area contributed by atoms with Crippen molar-refractivity contribution in [3.05, 3.63) is 91.5 Å². The number of hydrogen-bond donors (Lipinski definition) is 1. The summed E-state index contributed by atoms with van der Waals surface area (Å²) in [5, 5.41) is 23.1. The van der Waals surface area contributed by atoms with Crippen LogP contribution in [-0.2, 0) is 26.5 Å². The summed E-state index contributed by atoms with van der Waals surface area (Å²) in [6.45, 7) is 7.22. The molecule has 0 saturated carbocycles. The van der Waals surface area contributed by atoms with Gasteiger partial charge in [-0.1, -0.05) is 49.5 Å². The Hall–Kier alpha value is -3.33. The van der Waals surface area contributed by atoms with Gasteiger partial charge in [-0.25, -0.2) is 0 Å². The molecule has 248 valence electrons. The lowest BCUT2D eigenvalue weighted by molar-refractivity contribution is -0.385. The first-order valence-electron chi connectivity index (χ1n) is 16.0. The molecule has 3 aliphatic heterocycles. The van der Waals surface area contributed by atoms with Gasteiger partial charge in [-0.3, -0.25) is 19.7 Å². The highest BCUT2D eigenvalue weighted by Crippen LogP contribution is 2.60. The highest BCUT2D eigenvalue weighted by Gasteiger charge is 2.67. The molecule has 3 aromatic carbocycles. The molecule has 3 aromatic rings. The van der Waals surface area contributed by atoms with Gasteiger partial charge in [0.15, 0.2) is 5.60 Å². The van der Waals surface area contributed by atoms with Crippen molar-refractivity contribution in [2.24, 2.45) is 5.92 Å². The minimum Gasteiger partial charge on any atom is -0.497 e. The molecular weight excluding hydrogens is 729 g/mol. The Labute approximate surface area is 289 Å². The van der Waals surface area contributed by atoms with Gasteiger partial charge in [0.25, 0.3) is 11.6 Å². The Morgan fingerprint density at radius 2 is 1.91 bits per heavy atom. The maximum Gasteiger partial charge on any atom is 0.269 e. The lowest BCUT2D eigenvalue weighted by atomic mass is 9.82. The largest absolute Gasteiger partial charge is 0.497 e. The number of fused-ring (bicyclic) bond motifs is 2. The Morgan fingerprint density at radius 1 is 1.17 bits per heavy atom. The van der Waals surface area contributed by atoms with E-state index in [-0.39, 0.29) is 48.7 Å². The highest BCUT2D eigenvalue weighted by molar-refractivity contribution is 14.1. The van der Waals surface area contributed by atoms with Crippen LogP contribution in [0.4, 0.5) is 11.4 Å². The monoisotopic (exact) mass is 769 g/mol. The summed E-state index contributed by atoms with van der Waals surface area (Å²) in [5.41, 5.74) is 0.149. The van der Waals surface area contributed by atoms with Gasteiger partial charge in [0.1, 0.15) is 5.75 Å². The van der Waals surface area contributed by atoms with Crippen molar-refractivity contribution < 1.29 is 29.1 Å². The van der Waals surface area contributed by atoms with Crippen molar-refractivity contribution >= 4 is 59.0 Å². The number of amides is 2. The number of methoxy groups -OCH3 is 1. The zero-order valence-electron chi connectivity index (χ0n) is 27.0. The number of carbonyl (C=O) groups is 2. The van der Waals surface area contributed by atoms with E-state index in [1.54, 1.807) is 23.0 Å². The first-order valence-corrected chi connectivity index (χ1v) is 20.2. The molecule has 12 heteroatoms.